The Kier molecular flexibility index (Phi) is 6.27. The predicted molar refractivity (Wildman–Crippen MR) is 138 cm³/mol. The van der Waals surface area contributed by atoms with Crippen molar-refractivity contribution in [2.24, 2.45) is 0 Å². The number of nitriles is 1. The van der Waals surface area contributed by atoms with Gasteiger partial charge in [-0.05, 0) is 60.2 Å². The van der Waals surface area contributed by atoms with Crippen molar-refractivity contribution in [2.45, 2.75) is 6.61 Å². The van der Waals surface area contributed by atoms with Crippen LogP contribution in [0.25, 0.3) is 28.9 Å². The summed E-state index contributed by atoms with van der Waals surface area (Å²) >= 11 is 0. The molecule has 0 bridgehead atoms. The molecule has 35 heavy (non-hydrogen) atoms. The number of ether oxygens (including phenoxy) is 2. The summed E-state index contributed by atoms with van der Waals surface area (Å²) < 4.78 is 13.9. The third-order valence-electron chi connectivity index (χ3n) is 5.71. The van der Waals surface area contributed by atoms with E-state index in [1.807, 2.05) is 109 Å². The molecule has 0 saturated carbocycles. The number of para-hydroxylation sites is 3. The molecular weight excluding hydrogens is 434 g/mol. The number of hydrogen-bond acceptors (Lipinski definition) is 4. The van der Waals surface area contributed by atoms with Crippen LogP contribution in [-0.4, -0.2) is 16.7 Å². The first kappa shape index (κ1) is 22.0. The molecule has 0 fully saturated rings. The molecule has 0 aliphatic carbocycles. The molecule has 0 aliphatic rings. The highest BCUT2D eigenvalue weighted by molar-refractivity contribution is 5.83. The minimum Gasteiger partial charge on any atom is -0.493 e. The average Bonchev–Trinajstić information content (AvgIpc) is 3.29. The highest BCUT2D eigenvalue weighted by atomic mass is 16.5. The van der Waals surface area contributed by atoms with Crippen molar-refractivity contribution in [2.75, 3.05) is 7.11 Å². The number of rotatable bonds is 7. The molecule has 0 spiro atoms. The second-order valence-electron chi connectivity index (χ2n) is 7.94. The lowest BCUT2D eigenvalue weighted by atomic mass is 10.1. The van der Waals surface area contributed by atoms with Gasteiger partial charge in [-0.15, -0.1) is 0 Å². The Labute approximate surface area is 204 Å². The van der Waals surface area contributed by atoms with Crippen LogP contribution >= 0.6 is 0 Å². The largest absolute Gasteiger partial charge is 0.493 e. The van der Waals surface area contributed by atoms with Crippen molar-refractivity contribution >= 4 is 23.2 Å². The smallest absolute Gasteiger partial charge is 0.168 e. The fraction of sp³-hybridized carbons (Fsp3) is 0.0667. The first-order chi connectivity index (χ1) is 17.3. The third-order valence-corrected chi connectivity index (χ3v) is 5.71. The van der Waals surface area contributed by atoms with Crippen molar-refractivity contribution in [3.63, 3.8) is 0 Å². The minimum atomic E-state index is 0.436. The van der Waals surface area contributed by atoms with Gasteiger partial charge in [0, 0.05) is 11.3 Å². The van der Waals surface area contributed by atoms with E-state index in [1.165, 1.54) is 0 Å². The van der Waals surface area contributed by atoms with Crippen molar-refractivity contribution in [3.05, 3.63) is 120 Å². The van der Waals surface area contributed by atoms with Gasteiger partial charge in [-0.3, -0.25) is 4.57 Å². The molecule has 0 radical (unpaired) electrons. The summed E-state index contributed by atoms with van der Waals surface area (Å²) in [5.41, 5.74) is 5.40. The first-order valence-corrected chi connectivity index (χ1v) is 11.3. The maximum Gasteiger partial charge on any atom is 0.168 e. The van der Waals surface area contributed by atoms with Gasteiger partial charge in [0.2, 0.25) is 0 Å². The Morgan fingerprint density at radius 3 is 2.40 bits per heavy atom. The van der Waals surface area contributed by atoms with Crippen molar-refractivity contribution in [1.29, 1.82) is 5.26 Å². The second kappa shape index (κ2) is 9.98. The van der Waals surface area contributed by atoms with Gasteiger partial charge in [-0.2, -0.15) is 5.26 Å². The van der Waals surface area contributed by atoms with Gasteiger partial charge in [0.1, 0.15) is 12.4 Å². The highest BCUT2D eigenvalue weighted by Crippen LogP contribution is 2.33. The van der Waals surface area contributed by atoms with Gasteiger partial charge in [0.05, 0.1) is 29.8 Å². The molecule has 4 aromatic carbocycles. The van der Waals surface area contributed by atoms with E-state index in [-0.39, 0.29) is 0 Å². The normalized spacial score (nSPS) is 11.0. The standard InChI is InChI=1S/C30H23N3O2/c1-34-28-13-7-10-24(30(28)35-21-23-8-3-2-4-9-23)16-19-29-32-26-11-5-6-12-27(26)33(29)25-17-14-22(20-31)15-18-25/h2-19H,21H2,1H3/b19-16+. The highest BCUT2D eigenvalue weighted by Gasteiger charge is 2.12. The number of fused-ring (bicyclic) bond motifs is 1. The first-order valence-electron chi connectivity index (χ1n) is 11.3. The third kappa shape index (κ3) is 4.64. The van der Waals surface area contributed by atoms with Crippen LogP contribution in [0.1, 0.15) is 22.5 Å². The van der Waals surface area contributed by atoms with Crippen LogP contribution in [0.3, 0.4) is 0 Å². The average molecular weight is 458 g/mol. The molecule has 0 aliphatic heterocycles. The molecule has 5 aromatic rings. The van der Waals surface area contributed by atoms with Crippen molar-refractivity contribution in [3.8, 4) is 23.3 Å². The lowest BCUT2D eigenvalue weighted by Crippen LogP contribution is -2.00. The predicted octanol–water partition coefficient (Wildman–Crippen LogP) is 6.66. The van der Waals surface area contributed by atoms with Crippen LogP contribution in [0.5, 0.6) is 11.5 Å². The van der Waals surface area contributed by atoms with Gasteiger partial charge in [0.15, 0.2) is 11.5 Å². The summed E-state index contributed by atoms with van der Waals surface area (Å²) in [6.07, 6.45) is 3.96. The van der Waals surface area contributed by atoms with Crippen LogP contribution in [-0.2, 0) is 6.61 Å². The maximum absolute atomic E-state index is 9.18. The Balaban J connectivity index is 1.54. The Morgan fingerprint density at radius 2 is 1.63 bits per heavy atom. The number of hydrogen-bond donors (Lipinski definition) is 0. The van der Waals surface area contributed by atoms with Crippen LogP contribution < -0.4 is 9.47 Å². The maximum atomic E-state index is 9.18. The van der Waals surface area contributed by atoms with Gasteiger partial charge in [-0.25, -0.2) is 4.98 Å². The summed E-state index contributed by atoms with van der Waals surface area (Å²) in [7, 11) is 1.64. The van der Waals surface area contributed by atoms with Crippen LogP contribution in [0.2, 0.25) is 0 Å². The van der Waals surface area contributed by atoms with Crippen LogP contribution in [0.15, 0.2) is 97.1 Å². The summed E-state index contributed by atoms with van der Waals surface area (Å²) in [6, 6.07) is 33.5. The molecule has 5 rings (SSSR count). The van der Waals surface area contributed by atoms with E-state index < -0.39 is 0 Å². The number of imidazole rings is 1. The lowest BCUT2D eigenvalue weighted by molar-refractivity contribution is 0.284. The summed E-state index contributed by atoms with van der Waals surface area (Å²) in [5.74, 6) is 2.12. The zero-order chi connectivity index (χ0) is 24.0. The zero-order valence-corrected chi connectivity index (χ0v) is 19.3. The topological polar surface area (TPSA) is 60.1 Å². The Hall–Kier alpha value is -4.82. The van der Waals surface area contributed by atoms with E-state index in [4.69, 9.17) is 14.5 Å². The van der Waals surface area contributed by atoms with Crippen LogP contribution in [0.4, 0.5) is 0 Å². The van der Waals surface area contributed by atoms with E-state index in [0.29, 0.717) is 23.7 Å². The van der Waals surface area contributed by atoms with Gasteiger partial charge < -0.3 is 9.47 Å². The number of benzene rings is 4. The summed E-state index contributed by atoms with van der Waals surface area (Å²) in [6.45, 7) is 0.436. The molecule has 5 heteroatoms. The molecule has 0 saturated heterocycles. The summed E-state index contributed by atoms with van der Waals surface area (Å²) in [5, 5.41) is 9.18. The van der Waals surface area contributed by atoms with E-state index >= 15 is 0 Å². The quantitative estimate of drug-likeness (QED) is 0.274. The second-order valence-corrected chi connectivity index (χ2v) is 7.94. The Bertz CT molecular complexity index is 1530. The molecule has 170 valence electrons. The zero-order valence-electron chi connectivity index (χ0n) is 19.3. The van der Waals surface area contributed by atoms with E-state index in [1.54, 1.807) is 7.11 Å². The summed E-state index contributed by atoms with van der Waals surface area (Å²) in [4.78, 5) is 4.85. The molecule has 0 atom stereocenters. The van der Waals surface area contributed by atoms with E-state index in [9.17, 15) is 5.26 Å². The molecular formula is C30H23N3O2. The fourth-order valence-electron chi connectivity index (χ4n) is 3.99. The number of nitrogens with zero attached hydrogens (tertiary/aromatic N) is 3. The monoisotopic (exact) mass is 457 g/mol. The van der Waals surface area contributed by atoms with Gasteiger partial charge >= 0.3 is 0 Å². The molecule has 5 nitrogen and oxygen atoms in total. The van der Waals surface area contributed by atoms with Crippen molar-refractivity contribution in [1.82, 2.24) is 9.55 Å². The lowest BCUT2D eigenvalue weighted by Gasteiger charge is -2.13. The van der Waals surface area contributed by atoms with Gasteiger partial charge in [0.25, 0.3) is 0 Å². The number of aromatic nitrogens is 2. The van der Waals surface area contributed by atoms with Crippen molar-refractivity contribution < 1.29 is 9.47 Å². The molecule has 0 unspecified atom stereocenters. The Morgan fingerprint density at radius 1 is 0.857 bits per heavy atom. The SMILES string of the molecule is COc1cccc(/C=C/c2nc3ccccc3n2-c2ccc(C#N)cc2)c1OCc1ccccc1. The fourth-order valence-corrected chi connectivity index (χ4v) is 3.99. The minimum absolute atomic E-state index is 0.436. The number of methoxy groups -OCH3 is 1. The van der Waals surface area contributed by atoms with Gasteiger partial charge in [-0.1, -0.05) is 54.6 Å². The molecule has 0 amide bonds. The molecule has 0 N–H and O–H groups in total. The molecule has 1 heterocycles. The van der Waals surface area contributed by atoms with E-state index in [0.717, 1.165) is 33.7 Å². The molecule has 1 aromatic heterocycles. The van der Waals surface area contributed by atoms with Crippen LogP contribution in [0, 0.1) is 11.3 Å². The van der Waals surface area contributed by atoms with E-state index in [2.05, 4.69) is 10.6 Å².